The van der Waals surface area contributed by atoms with Crippen molar-refractivity contribution in [2.45, 2.75) is 6.92 Å². The monoisotopic (exact) mass is 302 g/mol. The summed E-state index contributed by atoms with van der Waals surface area (Å²) in [5.41, 5.74) is 0.737. The second kappa shape index (κ2) is 7.31. The molecule has 0 radical (unpaired) electrons. The zero-order valence-corrected chi connectivity index (χ0v) is 12.4. The Morgan fingerprint density at radius 2 is 2.00 bits per heavy atom. The normalized spacial score (nSPS) is 11.5. The van der Waals surface area contributed by atoms with Crippen LogP contribution in [0.25, 0.3) is 0 Å². The fourth-order valence-electron chi connectivity index (χ4n) is 1.72. The molecule has 1 atom stereocenters. The third-order valence-electron chi connectivity index (χ3n) is 3.05. The molecule has 0 amide bonds. The molecule has 6 heteroatoms. The Bertz CT molecular complexity index is 628. The van der Waals surface area contributed by atoms with E-state index in [4.69, 9.17) is 14.6 Å². The summed E-state index contributed by atoms with van der Waals surface area (Å²) in [6.07, 6.45) is 1.60. The van der Waals surface area contributed by atoms with Gasteiger partial charge < -0.3 is 19.9 Å². The summed E-state index contributed by atoms with van der Waals surface area (Å²) >= 11 is 0. The first-order valence-corrected chi connectivity index (χ1v) is 6.83. The van der Waals surface area contributed by atoms with E-state index in [1.807, 2.05) is 12.1 Å². The number of anilines is 1. The number of rotatable bonds is 7. The maximum atomic E-state index is 10.8. The third-order valence-corrected chi connectivity index (χ3v) is 3.05. The van der Waals surface area contributed by atoms with E-state index in [9.17, 15) is 4.79 Å². The number of hydrogen-bond acceptors (Lipinski definition) is 5. The largest absolute Gasteiger partial charge is 0.493 e. The van der Waals surface area contributed by atoms with Gasteiger partial charge in [-0.1, -0.05) is 19.1 Å². The zero-order valence-electron chi connectivity index (χ0n) is 12.4. The molecular weight excluding hydrogens is 284 g/mol. The standard InChI is InChI=1S/C16H18N2O4/c1-11(16(19)20)9-17-12-7-8-15(18-10-12)22-14-6-4-3-5-13(14)21-2/h3-8,10-11,17H,9H2,1-2H3,(H,19,20). The summed E-state index contributed by atoms with van der Waals surface area (Å²) in [5, 5.41) is 11.8. The Morgan fingerprint density at radius 3 is 2.59 bits per heavy atom. The van der Waals surface area contributed by atoms with E-state index < -0.39 is 11.9 Å². The summed E-state index contributed by atoms with van der Waals surface area (Å²) in [5.74, 6) is 0.335. The van der Waals surface area contributed by atoms with Crippen LogP contribution >= 0.6 is 0 Å². The first-order chi connectivity index (χ1) is 10.6. The highest BCUT2D eigenvalue weighted by Gasteiger charge is 2.10. The first kappa shape index (κ1) is 15.6. The minimum Gasteiger partial charge on any atom is -0.493 e. The van der Waals surface area contributed by atoms with E-state index in [0.717, 1.165) is 5.69 Å². The first-order valence-electron chi connectivity index (χ1n) is 6.83. The van der Waals surface area contributed by atoms with Crippen molar-refractivity contribution < 1.29 is 19.4 Å². The van der Waals surface area contributed by atoms with Gasteiger partial charge in [-0.2, -0.15) is 0 Å². The number of aromatic nitrogens is 1. The molecule has 0 aliphatic carbocycles. The average molecular weight is 302 g/mol. The van der Waals surface area contributed by atoms with Crippen LogP contribution in [0, 0.1) is 5.92 Å². The maximum Gasteiger partial charge on any atom is 0.308 e. The number of carboxylic acids is 1. The Labute approximate surface area is 128 Å². The fraction of sp³-hybridized carbons (Fsp3) is 0.250. The Morgan fingerprint density at radius 1 is 1.27 bits per heavy atom. The molecule has 2 aromatic rings. The molecule has 22 heavy (non-hydrogen) atoms. The summed E-state index contributed by atoms with van der Waals surface area (Å²) in [6, 6.07) is 10.8. The van der Waals surface area contributed by atoms with Crippen molar-refractivity contribution >= 4 is 11.7 Å². The van der Waals surface area contributed by atoms with E-state index >= 15 is 0 Å². The molecule has 0 aliphatic heterocycles. The van der Waals surface area contributed by atoms with Crippen LogP contribution in [0.3, 0.4) is 0 Å². The number of para-hydroxylation sites is 2. The number of nitrogens with one attached hydrogen (secondary N) is 1. The van der Waals surface area contributed by atoms with E-state index in [-0.39, 0.29) is 0 Å². The van der Waals surface area contributed by atoms with Crippen molar-refractivity contribution in [1.29, 1.82) is 0 Å². The lowest BCUT2D eigenvalue weighted by atomic mass is 10.2. The fourth-order valence-corrected chi connectivity index (χ4v) is 1.72. The lowest BCUT2D eigenvalue weighted by molar-refractivity contribution is -0.140. The summed E-state index contributed by atoms with van der Waals surface area (Å²) in [7, 11) is 1.58. The topological polar surface area (TPSA) is 80.7 Å². The highest BCUT2D eigenvalue weighted by Crippen LogP contribution is 2.30. The zero-order chi connectivity index (χ0) is 15.9. The van der Waals surface area contributed by atoms with Gasteiger partial charge >= 0.3 is 5.97 Å². The van der Waals surface area contributed by atoms with Crippen LogP contribution < -0.4 is 14.8 Å². The third kappa shape index (κ3) is 4.12. The van der Waals surface area contributed by atoms with Crippen molar-refractivity contribution in [3.05, 3.63) is 42.6 Å². The molecule has 0 saturated heterocycles. The predicted octanol–water partition coefficient (Wildman–Crippen LogP) is 3.02. The van der Waals surface area contributed by atoms with E-state index in [1.54, 1.807) is 44.5 Å². The number of nitrogens with zero attached hydrogens (tertiary/aromatic N) is 1. The molecule has 1 heterocycles. The van der Waals surface area contributed by atoms with Crippen molar-refractivity contribution in [1.82, 2.24) is 4.98 Å². The van der Waals surface area contributed by atoms with Crippen molar-refractivity contribution in [3.8, 4) is 17.4 Å². The van der Waals surface area contributed by atoms with Gasteiger partial charge in [0.25, 0.3) is 0 Å². The van der Waals surface area contributed by atoms with Gasteiger partial charge in [0.1, 0.15) is 0 Å². The van der Waals surface area contributed by atoms with Crippen molar-refractivity contribution in [2.75, 3.05) is 19.0 Å². The van der Waals surface area contributed by atoms with Crippen LogP contribution in [-0.2, 0) is 4.79 Å². The van der Waals surface area contributed by atoms with Crippen LogP contribution in [-0.4, -0.2) is 29.7 Å². The molecular formula is C16H18N2O4. The van der Waals surface area contributed by atoms with Gasteiger partial charge in [0.2, 0.25) is 5.88 Å². The van der Waals surface area contributed by atoms with Gasteiger partial charge in [-0.05, 0) is 18.2 Å². The summed E-state index contributed by atoms with van der Waals surface area (Å²) in [6.45, 7) is 1.98. The quantitative estimate of drug-likeness (QED) is 0.818. The van der Waals surface area contributed by atoms with Gasteiger partial charge in [0, 0.05) is 12.6 Å². The molecule has 1 unspecified atom stereocenters. The molecule has 1 aromatic carbocycles. The van der Waals surface area contributed by atoms with E-state index in [2.05, 4.69) is 10.3 Å². The Balaban J connectivity index is 1.98. The average Bonchev–Trinajstić information content (AvgIpc) is 2.54. The van der Waals surface area contributed by atoms with Crippen LogP contribution in [0.15, 0.2) is 42.6 Å². The molecule has 2 N–H and O–H groups in total. The molecule has 0 aliphatic rings. The van der Waals surface area contributed by atoms with Gasteiger partial charge in [-0.3, -0.25) is 4.79 Å². The number of ether oxygens (including phenoxy) is 2. The Hall–Kier alpha value is -2.76. The summed E-state index contributed by atoms with van der Waals surface area (Å²) in [4.78, 5) is 14.9. The number of carbonyl (C=O) groups is 1. The van der Waals surface area contributed by atoms with Gasteiger partial charge in [-0.25, -0.2) is 4.98 Å². The smallest absolute Gasteiger partial charge is 0.308 e. The highest BCUT2D eigenvalue weighted by molar-refractivity contribution is 5.70. The minimum absolute atomic E-state index is 0.337. The minimum atomic E-state index is -0.836. The van der Waals surface area contributed by atoms with Crippen molar-refractivity contribution in [3.63, 3.8) is 0 Å². The van der Waals surface area contributed by atoms with Crippen molar-refractivity contribution in [2.24, 2.45) is 5.92 Å². The van der Waals surface area contributed by atoms with Crippen LogP contribution in [0.1, 0.15) is 6.92 Å². The molecule has 0 bridgehead atoms. The summed E-state index contributed by atoms with van der Waals surface area (Å²) < 4.78 is 10.9. The number of hydrogen-bond donors (Lipinski definition) is 2. The van der Waals surface area contributed by atoms with Crippen LogP contribution in [0.4, 0.5) is 5.69 Å². The second-order valence-corrected chi connectivity index (χ2v) is 4.76. The molecule has 0 fully saturated rings. The SMILES string of the molecule is COc1ccccc1Oc1ccc(NCC(C)C(=O)O)cn1. The number of pyridine rings is 1. The highest BCUT2D eigenvalue weighted by atomic mass is 16.5. The van der Waals surface area contributed by atoms with E-state index in [0.29, 0.717) is 23.9 Å². The second-order valence-electron chi connectivity index (χ2n) is 4.76. The van der Waals surface area contributed by atoms with Gasteiger partial charge in [0.15, 0.2) is 11.5 Å². The maximum absolute atomic E-state index is 10.8. The van der Waals surface area contributed by atoms with E-state index in [1.165, 1.54) is 0 Å². The number of aliphatic carboxylic acids is 1. The molecule has 116 valence electrons. The molecule has 0 saturated carbocycles. The van der Waals surface area contributed by atoms with Crippen LogP contribution in [0.5, 0.6) is 17.4 Å². The number of methoxy groups -OCH3 is 1. The molecule has 2 rings (SSSR count). The lowest BCUT2D eigenvalue weighted by Gasteiger charge is -2.11. The molecule has 6 nitrogen and oxygen atoms in total. The number of benzene rings is 1. The number of carboxylic acid groups (broad SMARTS) is 1. The Kier molecular flexibility index (Phi) is 5.19. The molecule has 0 spiro atoms. The lowest BCUT2D eigenvalue weighted by Crippen LogP contribution is -2.19. The van der Waals surface area contributed by atoms with Crippen LogP contribution in [0.2, 0.25) is 0 Å². The predicted molar refractivity (Wildman–Crippen MR) is 82.6 cm³/mol. The van der Waals surface area contributed by atoms with Gasteiger partial charge in [0.05, 0.1) is 24.9 Å². The van der Waals surface area contributed by atoms with Gasteiger partial charge in [-0.15, -0.1) is 0 Å². The molecule has 1 aromatic heterocycles.